The fourth-order valence-corrected chi connectivity index (χ4v) is 2.34. The topological polar surface area (TPSA) is 56.5 Å². The van der Waals surface area contributed by atoms with Crippen molar-refractivity contribution in [3.8, 4) is 5.75 Å². The summed E-state index contributed by atoms with van der Waals surface area (Å²) in [5.41, 5.74) is 5.12. The number of rotatable bonds is 8. The van der Waals surface area contributed by atoms with Gasteiger partial charge in [0.25, 0.3) is 0 Å². The van der Waals surface area contributed by atoms with E-state index in [4.69, 9.17) is 15.3 Å². The van der Waals surface area contributed by atoms with E-state index in [1.165, 1.54) is 5.56 Å². The van der Waals surface area contributed by atoms with E-state index < -0.39 is 0 Å². The standard InChI is InChI=1S/C15H26N2O2/c1-5-7-14(19-6-2)15(17-16)12-10-11(3)8-9-13(12)18-4/h8-10,14-15,17H,5-7,16H2,1-4H3. The Morgan fingerprint density at radius 1 is 1.32 bits per heavy atom. The molecule has 2 atom stereocenters. The Hall–Kier alpha value is -1.10. The van der Waals surface area contributed by atoms with Gasteiger partial charge in [0.15, 0.2) is 0 Å². The van der Waals surface area contributed by atoms with E-state index in [2.05, 4.69) is 25.3 Å². The Bertz CT molecular complexity index is 376. The average molecular weight is 266 g/mol. The number of nitrogens with one attached hydrogen (secondary N) is 1. The lowest BCUT2D eigenvalue weighted by molar-refractivity contribution is 0.0270. The molecule has 0 aliphatic carbocycles. The van der Waals surface area contributed by atoms with Crippen LogP contribution in [0.5, 0.6) is 5.75 Å². The quantitative estimate of drug-likeness (QED) is 0.561. The van der Waals surface area contributed by atoms with Crippen LogP contribution in [0, 0.1) is 6.92 Å². The van der Waals surface area contributed by atoms with Gasteiger partial charge >= 0.3 is 0 Å². The second-order valence-corrected chi connectivity index (χ2v) is 4.67. The first kappa shape index (κ1) is 16.0. The Balaban J connectivity index is 3.08. The van der Waals surface area contributed by atoms with Crippen molar-refractivity contribution >= 4 is 0 Å². The molecule has 1 rings (SSSR count). The summed E-state index contributed by atoms with van der Waals surface area (Å²) < 4.78 is 11.3. The van der Waals surface area contributed by atoms with Crippen LogP contribution >= 0.6 is 0 Å². The van der Waals surface area contributed by atoms with E-state index in [1.54, 1.807) is 7.11 Å². The van der Waals surface area contributed by atoms with Gasteiger partial charge in [0.1, 0.15) is 5.75 Å². The zero-order chi connectivity index (χ0) is 14.3. The van der Waals surface area contributed by atoms with Gasteiger partial charge in [-0.05, 0) is 26.3 Å². The van der Waals surface area contributed by atoms with Crippen molar-refractivity contribution in [1.29, 1.82) is 0 Å². The Morgan fingerprint density at radius 3 is 2.58 bits per heavy atom. The van der Waals surface area contributed by atoms with Gasteiger partial charge in [-0.2, -0.15) is 0 Å². The van der Waals surface area contributed by atoms with E-state index in [-0.39, 0.29) is 12.1 Å². The van der Waals surface area contributed by atoms with Crippen LogP contribution in [0.25, 0.3) is 0 Å². The molecule has 4 nitrogen and oxygen atoms in total. The summed E-state index contributed by atoms with van der Waals surface area (Å²) in [6.07, 6.45) is 2.06. The maximum Gasteiger partial charge on any atom is 0.123 e. The van der Waals surface area contributed by atoms with Gasteiger partial charge in [0.2, 0.25) is 0 Å². The molecule has 4 heteroatoms. The Kier molecular flexibility index (Phi) is 6.84. The van der Waals surface area contributed by atoms with E-state index in [0.717, 1.165) is 24.2 Å². The predicted octanol–water partition coefficient (Wildman–Crippen LogP) is 2.71. The largest absolute Gasteiger partial charge is 0.496 e. The maximum absolute atomic E-state index is 5.83. The molecule has 0 fully saturated rings. The summed E-state index contributed by atoms with van der Waals surface area (Å²) in [7, 11) is 1.68. The molecule has 108 valence electrons. The number of methoxy groups -OCH3 is 1. The Labute approximate surface area is 116 Å². The van der Waals surface area contributed by atoms with Gasteiger partial charge in [0, 0.05) is 12.2 Å². The molecule has 0 saturated heterocycles. The molecule has 0 bridgehead atoms. The highest BCUT2D eigenvalue weighted by atomic mass is 16.5. The first-order valence-corrected chi connectivity index (χ1v) is 6.90. The molecule has 2 unspecified atom stereocenters. The normalized spacial score (nSPS) is 14.2. The molecule has 0 spiro atoms. The van der Waals surface area contributed by atoms with Crippen molar-refractivity contribution < 1.29 is 9.47 Å². The lowest BCUT2D eigenvalue weighted by Gasteiger charge is -2.28. The minimum Gasteiger partial charge on any atom is -0.496 e. The van der Waals surface area contributed by atoms with Crippen molar-refractivity contribution in [3.05, 3.63) is 29.3 Å². The first-order valence-electron chi connectivity index (χ1n) is 6.90. The van der Waals surface area contributed by atoms with Crippen LogP contribution < -0.4 is 16.0 Å². The monoisotopic (exact) mass is 266 g/mol. The molecule has 0 amide bonds. The molecule has 0 aliphatic heterocycles. The third-order valence-electron chi connectivity index (χ3n) is 3.23. The molecule has 0 heterocycles. The van der Waals surface area contributed by atoms with Gasteiger partial charge < -0.3 is 9.47 Å². The molecule has 0 aliphatic rings. The van der Waals surface area contributed by atoms with Crippen molar-refractivity contribution in [3.63, 3.8) is 0 Å². The molecule has 3 N–H and O–H groups in total. The summed E-state index contributed by atoms with van der Waals surface area (Å²) >= 11 is 0. The van der Waals surface area contributed by atoms with Crippen LogP contribution in [-0.4, -0.2) is 19.8 Å². The fourth-order valence-electron chi connectivity index (χ4n) is 2.34. The van der Waals surface area contributed by atoms with Gasteiger partial charge in [-0.1, -0.05) is 31.0 Å². The molecular formula is C15H26N2O2. The average Bonchev–Trinajstić information content (AvgIpc) is 2.40. The second kappa shape index (κ2) is 8.15. The van der Waals surface area contributed by atoms with Crippen molar-refractivity contribution in [2.45, 2.75) is 45.8 Å². The van der Waals surface area contributed by atoms with E-state index in [9.17, 15) is 0 Å². The maximum atomic E-state index is 5.83. The van der Waals surface area contributed by atoms with Crippen LogP contribution in [0.15, 0.2) is 18.2 Å². The highest BCUT2D eigenvalue weighted by Crippen LogP contribution is 2.30. The van der Waals surface area contributed by atoms with Gasteiger partial charge in [-0.25, -0.2) is 0 Å². The van der Waals surface area contributed by atoms with Gasteiger partial charge in [-0.15, -0.1) is 0 Å². The zero-order valence-electron chi connectivity index (χ0n) is 12.4. The van der Waals surface area contributed by atoms with Crippen LogP contribution in [-0.2, 0) is 4.74 Å². The molecule has 19 heavy (non-hydrogen) atoms. The third-order valence-corrected chi connectivity index (χ3v) is 3.23. The SMILES string of the molecule is CCCC(OCC)C(NN)c1cc(C)ccc1OC. The lowest BCUT2D eigenvalue weighted by Crippen LogP contribution is -2.38. The van der Waals surface area contributed by atoms with Crippen LogP contribution in [0.2, 0.25) is 0 Å². The summed E-state index contributed by atoms with van der Waals surface area (Å²) in [4.78, 5) is 0. The third kappa shape index (κ3) is 4.20. The number of hydrogen-bond donors (Lipinski definition) is 2. The van der Waals surface area contributed by atoms with Crippen LogP contribution in [0.4, 0.5) is 0 Å². The highest BCUT2D eigenvalue weighted by Gasteiger charge is 2.24. The fraction of sp³-hybridized carbons (Fsp3) is 0.600. The molecule has 0 aromatic heterocycles. The number of hydrogen-bond acceptors (Lipinski definition) is 4. The summed E-state index contributed by atoms with van der Waals surface area (Å²) in [5.74, 6) is 6.60. The van der Waals surface area contributed by atoms with E-state index in [1.807, 2.05) is 19.1 Å². The molecule has 0 saturated carbocycles. The predicted molar refractivity (Wildman–Crippen MR) is 78.1 cm³/mol. The van der Waals surface area contributed by atoms with E-state index >= 15 is 0 Å². The summed E-state index contributed by atoms with van der Waals surface area (Å²) in [6.45, 7) is 6.89. The number of nitrogens with two attached hydrogens (primary N) is 1. The number of benzene rings is 1. The van der Waals surface area contributed by atoms with Crippen molar-refractivity contribution in [1.82, 2.24) is 5.43 Å². The Morgan fingerprint density at radius 2 is 2.05 bits per heavy atom. The van der Waals surface area contributed by atoms with Crippen molar-refractivity contribution in [2.75, 3.05) is 13.7 Å². The van der Waals surface area contributed by atoms with Gasteiger partial charge in [-0.3, -0.25) is 11.3 Å². The summed E-state index contributed by atoms with van der Waals surface area (Å²) in [5, 5.41) is 0. The van der Waals surface area contributed by atoms with E-state index in [0.29, 0.717) is 6.61 Å². The molecule has 0 radical (unpaired) electrons. The number of aryl methyl sites for hydroxylation is 1. The summed E-state index contributed by atoms with van der Waals surface area (Å²) in [6, 6.07) is 6.05. The minimum absolute atomic E-state index is 0.0516. The highest BCUT2D eigenvalue weighted by molar-refractivity contribution is 5.39. The molecular weight excluding hydrogens is 240 g/mol. The number of ether oxygens (including phenoxy) is 2. The molecule has 1 aromatic rings. The molecule has 1 aromatic carbocycles. The van der Waals surface area contributed by atoms with Crippen LogP contribution in [0.3, 0.4) is 0 Å². The zero-order valence-corrected chi connectivity index (χ0v) is 12.4. The van der Waals surface area contributed by atoms with Gasteiger partial charge in [0.05, 0.1) is 19.3 Å². The van der Waals surface area contributed by atoms with Crippen LogP contribution in [0.1, 0.15) is 43.9 Å². The lowest BCUT2D eigenvalue weighted by atomic mass is 9.96. The second-order valence-electron chi connectivity index (χ2n) is 4.67. The number of hydrazine groups is 1. The smallest absolute Gasteiger partial charge is 0.123 e. The minimum atomic E-state index is -0.0604. The van der Waals surface area contributed by atoms with Crippen molar-refractivity contribution in [2.24, 2.45) is 5.84 Å². The first-order chi connectivity index (χ1) is 9.17.